The summed E-state index contributed by atoms with van der Waals surface area (Å²) >= 11 is 0. The molecule has 1 aliphatic carbocycles. The molecule has 0 unspecified atom stereocenters. The van der Waals surface area contributed by atoms with Crippen molar-refractivity contribution in [3.63, 3.8) is 0 Å². The first kappa shape index (κ1) is 31.4. The highest BCUT2D eigenvalue weighted by molar-refractivity contribution is 6.19. The van der Waals surface area contributed by atoms with Crippen LogP contribution in [0.15, 0.2) is 203 Å². The van der Waals surface area contributed by atoms with Crippen molar-refractivity contribution in [2.24, 2.45) is 0 Å². The Kier molecular flexibility index (Phi) is 7.31. The van der Waals surface area contributed by atoms with Gasteiger partial charge in [0.15, 0.2) is 0 Å². The molecule has 3 nitrogen and oxygen atoms in total. The lowest BCUT2D eigenvalue weighted by Gasteiger charge is -2.30. The van der Waals surface area contributed by atoms with Crippen molar-refractivity contribution >= 4 is 71.6 Å². The SMILES string of the molecule is C1=C(c2ccccc2)CCC(N(c2ccc(-c3ccc4ccc5oc6ccccc6c5c4c3)cc2)c2cccc(-c3cccc4oc5ccccc5c34)c2)=C1. The van der Waals surface area contributed by atoms with E-state index in [1.165, 1.54) is 49.7 Å². The molecule has 0 fully saturated rings. The zero-order valence-corrected chi connectivity index (χ0v) is 30.1. The highest BCUT2D eigenvalue weighted by Crippen LogP contribution is 2.42. The van der Waals surface area contributed by atoms with E-state index in [0.29, 0.717) is 0 Å². The number of hydrogen-bond acceptors (Lipinski definition) is 3. The lowest BCUT2D eigenvalue weighted by Crippen LogP contribution is -2.18. The average Bonchev–Trinajstić information content (AvgIpc) is 3.84. The summed E-state index contributed by atoms with van der Waals surface area (Å²) in [6.45, 7) is 0. The molecule has 0 atom stereocenters. The first-order valence-corrected chi connectivity index (χ1v) is 19.0. The van der Waals surface area contributed by atoms with Gasteiger partial charge in [0.05, 0.1) is 0 Å². The third-order valence-electron chi connectivity index (χ3n) is 11.2. The van der Waals surface area contributed by atoms with E-state index in [1.54, 1.807) is 0 Å². The molecular weight excluding hydrogens is 671 g/mol. The highest BCUT2D eigenvalue weighted by Gasteiger charge is 2.20. The molecule has 0 aliphatic heterocycles. The summed E-state index contributed by atoms with van der Waals surface area (Å²) < 4.78 is 12.5. The highest BCUT2D eigenvalue weighted by atomic mass is 16.3. The molecular formula is C52H35NO2. The van der Waals surface area contributed by atoms with Crippen LogP contribution in [0.3, 0.4) is 0 Å². The van der Waals surface area contributed by atoms with E-state index < -0.39 is 0 Å². The molecule has 10 aromatic rings. The summed E-state index contributed by atoms with van der Waals surface area (Å²) in [5.74, 6) is 0. The molecule has 0 saturated carbocycles. The minimum Gasteiger partial charge on any atom is -0.456 e. The van der Waals surface area contributed by atoms with Crippen LogP contribution < -0.4 is 4.90 Å². The Balaban J connectivity index is 1.02. The van der Waals surface area contributed by atoms with Gasteiger partial charge in [-0.05, 0) is 118 Å². The van der Waals surface area contributed by atoms with E-state index >= 15 is 0 Å². The Bertz CT molecular complexity index is 3140. The van der Waals surface area contributed by atoms with Crippen molar-refractivity contribution in [3.8, 4) is 22.3 Å². The maximum absolute atomic E-state index is 6.28. The van der Waals surface area contributed by atoms with Gasteiger partial charge in [0.2, 0.25) is 0 Å². The van der Waals surface area contributed by atoms with Gasteiger partial charge in [-0.2, -0.15) is 0 Å². The first-order valence-electron chi connectivity index (χ1n) is 19.0. The first-order chi connectivity index (χ1) is 27.2. The van der Waals surface area contributed by atoms with Crippen molar-refractivity contribution in [3.05, 3.63) is 199 Å². The Morgan fingerprint density at radius 3 is 1.82 bits per heavy atom. The summed E-state index contributed by atoms with van der Waals surface area (Å²) in [7, 11) is 0. The predicted molar refractivity (Wildman–Crippen MR) is 230 cm³/mol. The van der Waals surface area contributed by atoms with Gasteiger partial charge in [0, 0.05) is 38.6 Å². The number of fused-ring (bicyclic) bond motifs is 8. The molecule has 0 radical (unpaired) electrons. The standard InChI is InChI=1S/C52H35NO2/c1-2-10-34(11-3-1)35-22-27-40(28-23-35)53(42-13-8-12-39(32-42)43-16-9-19-49-51(43)44-14-4-6-17-47(44)54-49)41-29-24-36(25-30-41)38-21-20-37-26-31-50-52(46(37)33-38)45-15-5-7-18-48(45)55-50/h1-22,24-27,29-33H,23,28H2. The fourth-order valence-electron chi connectivity index (χ4n) is 8.54. The molecule has 3 heteroatoms. The molecule has 0 saturated heterocycles. The van der Waals surface area contributed by atoms with E-state index in [0.717, 1.165) is 68.3 Å². The number of furan rings is 2. The van der Waals surface area contributed by atoms with Crippen LogP contribution in [0.1, 0.15) is 18.4 Å². The van der Waals surface area contributed by atoms with Crippen LogP contribution in [0.2, 0.25) is 0 Å². The number of nitrogens with zero attached hydrogens (tertiary/aromatic N) is 1. The van der Waals surface area contributed by atoms with E-state index in [-0.39, 0.29) is 0 Å². The molecule has 0 spiro atoms. The summed E-state index contributed by atoms with van der Waals surface area (Å²) in [6, 6.07) is 62.7. The third kappa shape index (κ3) is 5.35. The van der Waals surface area contributed by atoms with Crippen LogP contribution in [0, 0.1) is 0 Å². The van der Waals surface area contributed by atoms with Crippen LogP contribution in [0.4, 0.5) is 11.4 Å². The van der Waals surface area contributed by atoms with Gasteiger partial charge in [0.1, 0.15) is 22.3 Å². The molecule has 0 N–H and O–H groups in total. The maximum atomic E-state index is 6.28. The second kappa shape index (κ2) is 12.8. The average molecular weight is 706 g/mol. The minimum absolute atomic E-state index is 0.903. The largest absolute Gasteiger partial charge is 0.456 e. The number of allylic oxidation sites excluding steroid dienone is 4. The third-order valence-corrected chi connectivity index (χ3v) is 11.2. The van der Waals surface area contributed by atoms with Crippen LogP contribution in [0.5, 0.6) is 0 Å². The Labute approximate surface area is 318 Å². The van der Waals surface area contributed by atoms with Gasteiger partial charge in [-0.3, -0.25) is 0 Å². The van der Waals surface area contributed by atoms with Crippen molar-refractivity contribution in [2.45, 2.75) is 12.8 Å². The number of para-hydroxylation sites is 2. The van der Waals surface area contributed by atoms with Crippen LogP contribution in [-0.4, -0.2) is 0 Å². The Morgan fingerprint density at radius 2 is 1.04 bits per heavy atom. The molecule has 2 heterocycles. The molecule has 11 rings (SSSR count). The molecule has 1 aliphatic rings. The summed E-state index contributed by atoms with van der Waals surface area (Å²) in [4.78, 5) is 2.43. The monoisotopic (exact) mass is 705 g/mol. The number of rotatable bonds is 6. The predicted octanol–water partition coefficient (Wildman–Crippen LogP) is 14.9. The van der Waals surface area contributed by atoms with Gasteiger partial charge in [-0.15, -0.1) is 0 Å². The van der Waals surface area contributed by atoms with Crippen molar-refractivity contribution < 1.29 is 8.83 Å². The minimum atomic E-state index is 0.903. The van der Waals surface area contributed by atoms with Gasteiger partial charge in [-0.1, -0.05) is 127 Å². The zero-order valence-electron chi connectivity index (χ0n) is 30.1. The van der Waals surface area contributed by atoms with Gasteiger partial charge in [-0.25, -0.2) is 0 Å². The zero-order chi connectivity index (χ0) is 36.3. The molecule has 0 amide bonds. The Hall–Kier alpha value is -7.10. The smallest absolute Gasteiger partial charge is 0.136 e. The molecule has 0 bridgehead atoms. The van der Waals surface area contributed by atoms with Crippen molar-refractivity contribution in [2.75, 3.05) is 4.90 Å². The quantitative estimate of drug-likeness (QED) is 0.172. The maximum Gasteiger partial charge on any atom is 0.136 e. The van der Waals surface area contributed by atoms with Crippen LogP contribution in [0.25, 0.3) is 82.5 Å². The summed E-state index contributed by atoms with van der Waals surface area (Å²) in [5.41, 5.74) is 14.5. The number of benzene rings is 8. The van der Waals surface area contributed by atoms with E-state index in [4.69, 9.17) is 8.83 Å². The fraction of sp³-hybridized carbons (Fsp3) is 0.0385. The molecule has 55 heavy (non-hydrogen) atoms. The second-order valence-electron chi connectivity index (χ2n) is 14.4. The van der Waals surface area contributed by atoms with E-state index in [1.807, 2.05) is 24.3 Å². The van der Waals surface area contributed by atoms with Crippen molar-refractivity contribution in [1.29, 1.82) is 0 Å². The molecule has 260 valence electrons. The Morgan fingerprint density at radius 1 is 0.382 bits per heavy atom. The van der Waals surface area contributed by atoms with E-state index in [2.05, 4.69) is 169 Å². The van der Waals surface area contributed by atoms with Gasteiger partial charge >= 0.3 is 0 Å². The normalized spacial score (nSPS) is 13.2. The number of anilines is 2. The van der Waals surface area contributed by atoms with Crippen LogP contribution >= 0.6 is 0 Å². The van der Waals surface area contributed by atoms with Gasteiger partial charge < -0.3 is 13.7 Å². The fourth-order valence-corrected chi connectivity index (χ4v) is 8.54. The molecule has 2 aromatic heterocycles. The second-order valence-corrected chi connectivity index (χ2v) is 14.4. The lowest BCUT2D eigenvalue weighted by atomic mass is 9.94. The van der Waals surface area contributed by atoms with Crippen LogP contribution in [-0.2, 0) is 0 Å². The lowest BCUT2D eigenvalue weighted by molar-refractivity contribution is 0.668. The van der Waals surface area contributed by atoms with Crippen molar-refractivity contribution in [1.82, 2.24) is 0 Å². The van der Waals surface area contributed by atoms with E-state index in [9.17, 15) is 0 Å². The topological polar surface area (TPSA) is 29.5 Å². The number of hydrogen-bond donors (Lipinski definition) is 0. The summed E-state index contributed by atoms with van der Waals surface area (Å²) in [6.07, 6.45) is 6.50. The summed E-state index contributed by atoms with van der Waals surface area (Å²) in [5, 5.41) is 7.01. The molecule has 8 aromatic carbocycles. The van der Waals surface area contributed by atoms with Gasteiger partial charge in [0.25, 0.3) is 0 Å².